The molecular formula is C16H22N4OS. The van der Waals surface area contributed by atoms with Gasteiger partial charge < -0.3 is 4.90 Å². The average Bonchev–Trinajstić information content (AvgIpc) is 3.12. The molecular weight excluding hydrogens is 296 g/mol. The molecule has 0 N–H and O–H groups in total. The van der Waals surface area contributed by atoms with E-state index in [1.54, 1.807) is 11.3 Å². The molecule has 1 amide bonds. The number of amides is 1. The third kappa shape index (κ3) is 2.92. The molecule has 3 heterocycles. The lowest BCUT2D eigenvalue weighted by Crippen LogP contribution is -2.39. The Labute approximate surface area is 135 Å². The number of carbonyl (C=O) groups excluding carboxylic acids is 1. The Hall–Kier alpha value is -1.69. The summed E-state index contributed by atoms with van der Waals surface area (Å²) >= 11 is 1.75. The van der Waals surface area contributed by atoms with Crippen LogP contribution in [0.25, 0.3) is 0 Å². The molecule has 0 radical (unpaired) electrons. The van der Waals surface area contributed by atoms with Crippen molar-refractivity contribution in [1.29, 1.82) is 0 Å². The van der Waals surface area contributed by atoms with Crippen LogP contribution >= 0.6 is 11.3 Å². The average molecular weight is 318 g/mol. The van der Waals surface area contributed by atoms with Gasteiger partial charge in [0.05, 0.1) is 5.01 Å². The fourth-order valence-electron chi connectivity index (χ4n) is 3.02. The topological polar surface area (TPSA) is 51.0 Å². The summed E-state index contributed by atoms with van der Waals surface area (Å²) in [5, 5.41) is 5.58. The molecule has 1 aliphatic rings. The zero-order valence-corrected chi connectivity index (χ0v) is 14.2. The van der Waals surface area contributed by atoms with Crippen LogP contribution in [-0.2, 0) is 6.54 Å². The Morgan fingerprint density at radius 3 is 2.91 bits per heavy atom. The van der Waals surface area contributed by atoms with Gasteiger partial charge in [0, 0.05) is 42.3 Å². The second-order valence-electron chi connectivity index (χ2n) is 5.89. The maximum atomic E-state index is 12.7. The Balaban J connectivity index is 1.74. The lowest BCUT2D eigenvalue weighted by molar-refractivity contribution is 0.0700. The Morgan fingerprint density at radius 1 is 1.45 bits per heavy atom. The van der Waals surface area contributed by atoms with Crippen LogP contribution in [0.2, 0.25) is 0 Å². The molecule has 0 aliphatic carbocycles. The monoisotopic (exact) mass is 318 g/mol. The lowest BCUT2D eigenvalue weighted by Gasteiger charge is -2.31. The molecule has 6 heteroatoms. The molecule has 2 aromatic heterocycles. The quantitative estimate of drug-likeness (QED) is 0.874. The number of aryl methyl sites for hydroxylation is 3. The molecule has 118 valence electrons. The number of thiazole rings is 1. The van der Waals surface area contributed by atoms with Crippen molar-refractivity contribution in [3.05, 3.63) is 33.5 Å². The van der Waals surface area contributed by atoms with Gasteiger partial charge in [-0.15, -0.1) is 11.3 Å². The summed E-state index contributed by atoms with van der Waals surface area (Å²) in [5.74, 6) is 0.416. The van der Waals surface area contributed by atoms with E-state index in [-0.39, 0.29) is 5.91 Å². The highest BCUT2D eigenvalue weighted by Crippen LogP contribution is 2.30. The smallest absolute Gasteiger partial charge is 0.274 e. The van der Waals surface area contributed by atoms with E-state index < -0.39 is 0 Å². The first-order valence-corrected chi connectivity index (χ1v) is 8.66. The molecule has 2 aromatic rings. The summed E-state index contributed by atoms with van der Waals surface area (Å²) in [6.45, 7) is 8.47. The van der Waals surface area contributed by atoms with Gasteiger partial charge in [-0.2, -0.15) is 5.10 Å². The summed E-state index contributed by atoms with van der Waals surface area (Å²) in [6.07, 6.45) is 4.06. The van der Waals surface area contributed by atoms with Crippen LogP contribution in [0.3, 0.4) is 0 Å². The van der Waals surface area contributed by atoms with E-state index in [0.29, 0.717) is 11.6 Å². The SMILES string of the molecule is CCn1nc(C(=O)N2CCCC(c3ncc(C)s3)C2)cc1C. The van der Waals surface area contributed by atoms with Crippen molar-refractivity contribution in [1.82, 2.24) is 19.7 Å². The van der Waals surface area contributed by atoms with E-state index in [4.69, 9.17) is 0 Å². The standard InChI is InChI=1S/C16H22N4OS/c1-4-20-11(2)8-14(18-20)16(21)19-7-5-6-13(10-19)15-17-9-12(3)22-15/h8-9,13H,4-7,10H2,1-3H3. The number of hydrogen-bond acceptors (Lipinski definition) is 4. The van der Waals surface area contributed by atoms with Gasteiger partial charge in [0.1, 0.15) is 0 Å². The second-order valence-corrected chi connectivity index (χ2v) is 7.15. The van der Waals surface area contributed by atoms with Crippen molar-refractivity contribution in [3.8, 4) is 0 Å². The zero-order chi connectivity index (χ0) is 15.7. The van der Waals surface area contributed by atoms with E-state index in [2.05, 4.69) is 17.0 Å². The van der Waals surface area contributed by atoms with Crippen molar-refractivity contribution in [3.63, 3.8) is 0 Å². The number of carbonyl (C=O) groups is 1. The van der Waals surface area contributed by atoms with Crippen molar-refractivity contribution in [2.45, 2.75) is 46.1 Å². The fraction of sp³-hybridized carbons (Fsp3) is 0.562. The van der Waals surface area contributed by atoms with Crippen molar-refractivity contribution >= 4 is 17.2 Å². The van der Waals surface area contributed by atoms with E-state index in [0.717, 1.165) is 43.2 Å². The maximum absolute atomic E-state index is 12.7. The summed E-state index contributed by atoms with van der Waals surface area (Å²) in [6, 6.07) is 1.89. The van der Waals surface area contributed by atoms with Gasteiger partial charge in [0.15, 0.2) is 5.69 Å². The number of rotatable bonds is 3. The highest BCUT2D eigenvalue weighted by Gasteiger charge is 2.28. The predicted octanol–water partition coefficient (Wildman–Crippen LogP) is 3.00. The molecule has 5 nitrogen and oxygen atoms in total. The fourth-order valence-corrected chi connectivity index (χ4v) is 3.92. The first-order chi connectivity index (χ1) is 10.6. The highest BCUT2D eigenvalue weighted by atomic mass is 32.1. The van der Waals surface area contributed by atoms with Gasteiger partial charge in [-0.1, -0.05) is 0 Å². The normalized spacial score (nSPS) is 18.7. The molecule has 1 atom stereocenters. The number of aromatic nitrogens is 3. The minimum Gasteiger partial charge on any atom is -0.337 e. The number of nitrogens with zero attached hydrogens (tertiary/aromatic N) is 4. The molecule has 1 aliphatic heterocycles. The van der Waals surface area contributed by atoms with Crippen LogP contribution in [0.5, 0.6) is 0 Å². The van der Waals surface area contributed by atoms with Crippen molar-refractivity contribution < 1.29 is 4.79 Å². The zero-order valence-electron chi connectivity index (χ0n) is 13.4. The first-order valence-electron chi connectivity index (χ1n) is 7.84. The Morgan fingerprint density at radius 2 is 2.27 bits per heavy atom. The van der Waals surface area contributed by atoms with Crippen LogP contribution in [0.4, 0.5) is 0 Å². The predicted molar refractivity (Wildman–Crippen MR) is 87.4 cm³/mol. The molecule has 0 bridgehead atoms. The van der Waals surface area contributed by atoms with Crippen LogP contribution < -0.4 is 0 Å². The van der Waals surface area contributed by atoms with Crippen LogP contribution in [0, 0.1) is 13.8 Å². The number of hydrogen-bond donors (Lipinski definition) is 0. The van der Waals surface area contributed by atoms with E-state index >= 15 is 0 Å². The third-order valence-corrected chi connectivity index (χ3v) is 5.27. The Kier molecular flexibility index (Phi) is 4.29. The van der Waals surface area contributed by atoms with Gasteiger partial charge in [-0.05, 0) is 39.7 Å². The van der Waals surface area contributed by atoms with E-state index in [1.807, 2.05) is 35.7 Å². The third-order valence-electron chi connectivity index (χ3n) is 4.20. The summed E-state index contributed by atoms with van der Waals surface area (Å²) in [4.78, 5) is 20.4. The molecule has 0 spiro atoms. The van der Waals surface area contributed by atoms with Gasteiger partial charge >= 0.3 is 0 Å². The van der Waals surface area contributed by atoms with Crippen molar-refractivity contribution in [2.24, 2.45) is 0 Å². The Bertz CT molecular complexity index is 675. The molecule has 1 saturated heterocycles. The molecule has 0 saturated carbocycles. The first kappa shape index (κ1) is 15.2. The van der Waals surface area contributed by atoms with E-state index in [9.17, 15) is 4.79 Å². The minimum atomic E-state index is 0.0493. The summed E-state index contributed by atoms with van der Waals surface area (Å²) in [5.41, 5.74) is 1.60. The van der Waals surface area contributed by atoms with Crippen LogP contribution in [0.15, 0.2) is 12.3 Å². The molecule has 1 fully saturated rings. The maximum Gasteiger partial charge on any atom is 0.274 e. The van der Waals surface area contributed by atoms with E-state index in [1.165, 1.54) is 4.88 Å². The van der Waals surface area contributed by atoms with Crippen LogP contribution in [-0.4, -0.2) is 38.7 Å². The number of likely N-dealkylation sites (tertiary alicyclic amines) is 1. The largest absolute Gasteiger partial charge is 0.337 e. The lowest BCUT2D eigenvalue weighted by atomic mass is 9.98. The summed E-state index contributed by atoms with van der Waals surface area (Å²) in [7, 11) is 0. The molecule has 3 rings (SSSR count). The summed E-state index contributed by atoms with van der Waals surface area (Å²) < 4.78 is 1.87. The van der Waals surface area contributed by atoms with Gasteiger partial charge in [-0.3, -0.25) is 9.48 Å². The number of piperidine rings is 1. The molecule has 22 heavy (non-hydrogen) atoms. The highest BCUT2D eigenvalue weighted by molar-refractivity contribution is 7.11. The van der Waals surface area contributed by atoms with Crippen molar-refractivity contribution in [2.75, 3.05) is 13.1 Å². The minimum absolute atomic E-state index is 0.0493. The molecule has 0 aromatic carbocycles. The van der Waals surface area contributed by atoms with Crippen LogP contribution in [0.1, 0.15) is 51.8 Å². The second kappa shape index (κ2) is 6.20. The van der Waals surface area contributed by atoms with Gasteiger partial charge in [-0.25, -0.2) is 4.98 Å². The molecule has 1 unspecified atom stereocenters. The van der Waals surface area contributed by atoms with Gasteiger partial charge in [0.25, 0.3) is 5.91 Å². The van der Waals surface area contributed by atoms with Gasteiger partial charge in [0.2, 0.25) is 0 Å².